The summed E-state index contributed by atoms with van der Waals surface area (Å²) in [5, 5.41) is 3.05. The Bertz CT molecular complexity index is 764. The van der Waals surface area contributed by atoms with Gasteiger partial charge in [0, 0.05) is 5.69 Å². The first-order valence-electron chi connectivity index (χ1n) is 8.29. The molecule has 138 valence electrons. The summed E-state index contributed by atoms with van der Waals surface area (Å²) in [5.41, 5.74) is 1.55. The van der Waals surface area contributed by atoms with Crippen LogP contribution in [0.2, 0.25) is 5.02 Å². The number of esters is 1. The Hall–Kier alpha value is -2.53. The summed E-state index contributed by atoms with van der Waals surface area (Å²) >= 11 is 6.03. The fourth-order valence-electron chi connectivity index (χ4n) is 2.44. The maximum absolute atomic E-state index is 12.2. The molecule has 5 nitrogen and oxygen atoms in total. The minimum Gasteiger partial charge on any atom is -0.495 e. The first-order valence-corrected chi connectivity index (χ1v) is 8.67. The lowest BCUT2D eigenvalue weighted by molar-refractivity contribution is -0.153. The molecule has 0 saturated heterocycles. The molecule has 2 aromatic rings. The summed E-state index contributed by atoms with van der Waals surface area (Å²) in [7, 11) is 1.51. The quantitative estimate of drug-likeness (QED) is 0.728. The van der Waals surface area contributed by atoms with Crippen molar-refractivity contribution < 1.29 is 19.1 Å². The van der Waals surface area contributed by atoms with Gasteiger partial charge in [-0.3, -0.25) is 9.59 Å². The molecule has 0 aliphatic heterocycles. The van der Waals surface area contributed by atoms with Crippen LogP contribution in [-0.2, 0) is 14.3 Å². The van der Waals surface area contributed by atoms with Crippen LogP contribution in [-0.4, -0.2) is 25.1 Å². The third kappa shape index (κ3) is 5.49. The number of anilines is 1. The van der Waals surface area contributed by atoms with E-state index in [0.717, 1.165) is 5.56 Å². The van der Waals surface area contributed by atoms with Crippen LogP contribution < -0.4 is 10.1 Å². The van der Waals surface area contributed by atoms with Crippen molar-refractivity contribution in [1.29, 1.82) is 0 Å². The first-order chi connectivity index (χ1) is 12.4. The van der Waals surface area contributed by atoms with Crippen LogP contribution in [0, 0.1) is 0 Å². The zero-order chi connectivity index (χ0) is 19.1. The second-order valence-electron chi connectivity index (χ2n) is 5.99. The van der Waals surface area contributed by atoms with Crippen molar-refractivity contribution in [3.8, 4) is 5.75 Å². The van der Waals surface area contributed by atoms with Crippen molar-refractivity contribution in [2.24, 2.45) is 0 Å². The lowest BCUT2D eigenvalue weighted by Gasteiger charge is -2.16. The molecule has 2 atom stereocenters. The number of nitrogens with one attached hydrogen (secondary N) is 1. The smallest absolute Gasteiger partial charge is 0.307 e. The van der Waals surface area contributed by atoms with E-state index in [2.05, 4.69) is 5.32 Å². The van der Waals surface area contributed by atoms with E-state index < -0.39 is 18.0 Å². The molecule has 1 amide bonds. The number of carbonyl (C=O) groups is 2. The van der Waals surface area contributed by atoms with Crippen LogP contribution in [0.5, 0.6) is 5.75 Å². The Morgan fingerprint density at radius 3 is 2.42 bits per heavy atom. The van der Waals surface area contributed by atoms with Gasteiger partial charge in [-0.05, 0) is 36.6 Å². The van der Waals surface area contributed by atoms with E-state index in [1.807, 2.05) is 37.3 Å². The summed E-state index contributed by atoms with van der Waals surface area (Å²) < 4.78 is 10.3. The fraction of sp³-hybridized carbons (Fsp3) is 0.300. The molecule has 0 aromatic heterocycles. The third-order valence-corrected chi connectivity index (χ3v) is 4.23. The molecule has 6 heteroatoms. The van der Waals surface area contributed by atoms with E-state index in [0.29, 0.717) is 16.5 Å². The number of benzene rings is 2. The zero-order valence-corrected chi connectivity index (χ0v) is 15.7. The van der Waals surface area contributed by atoms with Crippen LogP contribution >= 0.6 is 11.6 Å². The molecule has 26 heavy (non-hydrogen) atoms. The molecule has 0 unspecified atom stereocenters. The van der Waals surface area contributed by atoms with Crippen LogP contribution in [0.3, 0.4) is 0 Å². The minimum absolute atomic E-state index is 0.0133. The normalized spacial score (nSPS) is 12.8. The number of hydrogen-bond acceptors (Lipinski definition) is 4. The maximum atomic E-state index is 12.2. The summed E-state index contributed by atoms with van der Waals surface area (Å²) in [6.07, 6.45) is -0.706. The molecule has 1 N–H and O–H groups in total. The molecule has 0 aliphatic rings. The average molecular weight is 376 g/mol. The number of rotatable bonds is 7. The van der Waals surface area contributed by atoms with Gasteiger partial charge in [-0.25, -0.2) is 0 Å². The van der Waals surface area contributed by atoms with Crippen molar-refractivity contribution in [2.45, 2.75) is 32.3 Å². The van der Waals surface area contributed by atoms with Gasteiger partial charge in [-0.2, -0.15) is 0 Å². The van der Waals surface area contributed by atoms with E-state index in [4.69, 9.17) is 21.1 Å². The highest BCUT2D eigenvalue weighted by atomic mass is 35.5. The van der Waals surface area contributed by atoms with Gasteiger partial charge in [0.2, 0.25) is 0 Å². The lowest BCUT2D eigenvalue weighted by atomic mass is 9.98. The van der Waals surface area contributed by atoms with Crippen LogP contribution in [0.15, 0.2) is 48.5 Å². The molecular weight excluding hydrogens is 354 g/mol. The molecule has 2 rings (SSSR count). The molecule has 0 heterocycles. The summed E-state index contributed by atoms with van der Waals surface area (Å²) in [6.45, 7) is 3.48. The van der Waals surface area contributed by atoms with Crippen molar-refractivity contribution in [3.63, 3.8) is 0 Å². The fourth-order valence-corrected chi connectivity index (χ4v) is 2.69. The molecule has 2 aromatic carbocycles. The second-order valence-corrected chi connectivity index (χ2v) is 6.39. The summed E-state index contributed by atoms with van der Waals surface area (Å²) in [6, 6.07) is 14.6. The van der Waals surface area contributed by atoms with Crippen molar-refractivity contribution in [1.82, 2.24) is 0 Å². The van der Waals surface area contributed by atoms with Gasteiger partial charge in [0.1, 0.15) is 5.75 Å². The third-order valence-electron chi connectivity index (χ3n) is 3.94. The topological polar surface area (TPSA) is 64.6 Å². The van der Waals surface area contributed by atoms with Gasteiger partial charge in [0.25, 0.3) is 5.91 Å². The number of methoxy groups -OCH3 is 1. The number of carbonyl (C=O) groups excluding carboxylic acids is 2. The second kappa shape index (κ2) is 9.25. The molecule has 0 radical (unpaired) electrons. The molecule has 0 saturated carbocycles. The van der Waals surface area contributed by atoms with Crippen molar-refractivity contribution >= 4 is 29.2 Å². The molecule has 0 spiro atoms. The van der Waals surface area contributed by atoms with Gasteiger partial charge < -0.3 is 14.8 Å². The standard InChI is InChI=1S/C20H22ClNO4/c1-13(15-7-5-4-6-8-15)11-19(23)26-14(2)20(24)22-16-9-10-18(25-3)17(21)12-16/h4-10,12-14H,11H2,1-3H3,(H,22,24)/t13-,14-/m1/s1. The van der Waals surface area contributed by atoms with Gasteiger partial charge in [-0.1, -0.05) is 48.9 Å². The monoisotopic (exact) mass is 375 g/mol. The number of ether oxygens (including phenoxy) is 2. The van der Waals surface area contributed by atoms with Gasteiger partial charge in [0.15, 0.2) is 6.10 Å². The minimum atomic E-state index is -0.911. The Labute approximate surface area is 158 Å². The van der Waals surface area contributed by atoms with Gasteiger partial charge in [0.05, 0.1) is 18.6 Å². The Morgan fingerprint density at radius 1 is 1.12 bits per heavy atom. The molecular formula is C20H22ClNO4. The van der Waals surface area contributed by atoms with E-state index >= 15 is 0 Å². The van der Waals surface area contributed by atoms with Crippen LogP contribution in [0.25, 0.3) is 0 Å². The SMILES string of the molecule is COc1ccc(NC(=O)[C@@H](C)OC(=O)C[C@@H](C)c2ccccc2)cc1Cl. The maximum Gasteiger partial charge on any atom is 0.307 e. The highest BCUT2D eigenvalue weighted by Gasteiger charge is 2.20. The highest BCUT2D eigenvalue weighted by molar-refractivity contribution is 6.32. The molecule has 0 fully saturated rings. The number of halogens is 1. The lowest BCUT2D eigenvalue weighted by Crippen LogP contribution is -2.30. The van der Waals surface area contributed by atoms with E-state index in [1.165, 1.54) is 14.0 Å². The van der Waals surface area contributed by atoms with E-state index in [-0.39, 0.29) is 12.3 Å². The molecule has 0 bridgehead atoms. The predicted molar refractivity (Wildman–Crippen MR) is 102 cm³/mol. The predicted octanol–water partition coefficient (Wildman–Crippen LogP) is 4.41. The van der Waals surface area contributed by atoms with Gasteiger partial charge >= 0.3 is 5.97 Å². The molecule has 0 aliphatic carbocycles. The van der Waals surface area contributed by atoms with Crippen molar-refractivity contribution in [3.05, 3.63) is 59.1 Å². The van der Waals surface area contributed by atoms with Gasteiger partial charge in [-0.15, -0.1) is 0 Å². The van der Waals surface area contributed by atoms with Crippen molar-refractivity contribution in [2.75, 3.05) is 12.4 Å². The summed E-state index contributed by atoms with van der Waals surface area (Å²) in [5.74, 6) is -0.317. The first kappa shape index (κ1) is 19.8. The largest absolute Gasteiger partial charge is 0.495 e. The van der Waals surface area contributed by atoms with Crippen LogP contribution in [0.1, 0.15) is 31.7 Å². The van der Waals surface area contributed by atoms with E-state index in [9.17, 15) is 9.59 Å². The number of hydrogen-bond donors (Lipinski definition) is 1. The summed E-state index contributed by atoms with van der Waals surface area (Å²) in [4.78, 5) is 24.3. The van der Waals surface area contributed by atoms with Crippen LogP contribution in [0.4, 0.5) is 5.69 Å². The average Bonchev–Trinajstić information content (AvgIpc) is 2.62. The Kier molecular flexibility index (Phi) is 7.04. The zero-order valence-electron chi connectivity index (χ0n) is 15.0. The highest BCUT2D eigenvalue weighted by Crippen LogP contribution is 2.27. The Balaban J connectivity index is 1.88. The Morgan fingerprint density at radius 2 is 1.81 bits per heavy atom. The van der Waals surface area contributed by atoms with E-state index in [1.54, 1.807) is 18.2 Å². The number of amides is 1.